The van der Waals surface area contributed by atoms with Gasteiger partial charge in [0.1, 0.15) is 29.8 Å². The molecular formula is C15H10F3O. The van der Waals surface area contributed by atoms with Gasteiger partial charge >= 0.3 is 0 Å². The minimum atomic E-state index is -0.902. The van der Waals surface area contributed by atoms with E-state index in [1.165, 1.54) is 18.2 Å². The molecule has 4 heteroatoms. The largest absolute Gasteiger partial charge is 0.489 e. The van der Waals surface area contributed by atoms with Crippen LogP contribution in [0, 0.1) is 23.5 Å². The van der Waals surface area contributed by atoms with Gasteiger partial charge in [0, 0.05) is 17.7 Å². The van der Waals surface area contributed by atoms with Crippen LogP contribution < -0.4 is 4.74 Å². The Labute approximate surface area is 109 Å². The molecule has 2 aromatic carbocycles. The van der Waals surface area contributed by atoms with Crippen molar-refractivity contribution in [1.82, 2.24) is 0 Å². The molecule has 19 heavy (non-hydrogen) atoms. The average molecular weight is 263 g/mol. The maximum Gasteiger partial charge on any atom is 0.137 e. The Balaban J connectivity index is 2.48. The average Bonchev–Trinajstić information content (AvgIpc) is 2.38. The second-order valence-electron chi connectivity index (χ2n) is 3.75. The summed E-state index contributed by atoms with van der Waals surface area (Å²) >= 11 is 0. The summed E-state index contributed by atoms with van der Waals surface area (Å²) in [5.74, 6) is -2.52. The van der Waals surface area contributed by atoms with Crippen molar-refractivity contribution < 1.29 is 17.9 Å². The van der Waals surface area contributed by atoms with E-state index >= 15 is 0 Å². The van der Waals surface area contributed by atoms with Crippen molar-refractivity contribution in [3.63, 3.8) is 0 Å². The minimum Gasteiger partial charge on any atom is -0.489 e. The SMILES string of the molecule is C=CCOc1cc(F)c(-c2[c]cccc2F)c(F)c1. The number of hydrogen-bond donors (Lipinski definition) is 0. The number of hydrogen-bond acceptors (Lipinski definition) is 1. The Morgan fingerprint density at radius 1 is 1.16 bits per heavy atom. The topological polar surface area (TPSA) is 9.23 Å². The van der Waals surface area contributed by atoms with Crippen molar-refractivity contribution in [1.29, 1.82) is 0 Å². The summed E-state index contributed by atoms with van der Waals surface area (Å²) in [5, 5.41) is 0. The molecule has 2 aromatic rings. The van der Waals surface area contributed by atoms with E-state index in [9.17, 15) is 13.2 Å². The predicted molar refractivity (Wildman–Crippen MR) is 66.3 cm³/mol. The Morgan fingerprint density at radius 3 is 2.42 bits per heavy atom. The Kier molecular flexibility index (Phi) is 3.90. The molecule has 0 heterocycles. The number of benzene rings is 2. The molecule has 1 nitrogen and oxygen atoms in total. The molecule has 0 spiro atoms. The fourth-order valence-corrected chi connectivity index (χ4v) is 1.64. The lowest BCUT2D eigenvalue weighted by atomic mass is 10.0. The Morgan fingerprint density at radius 2 is 1.84 bits per heavy atom. The summed E-state index contributed by atoms with van der Waals surface area (Å²) in [6.45, 7) is 3.56. The zero-order valence-electron chi connectivity index (χ0n) is 9.92. The second kappa shape index (κ2) is 5.61. The maximum absolute atomic E-state index is 13.9. The van der Waals surface area contributed by atoms with E-state index in [0.717, 1.165) is 18.2 Å². The van der Waals surface area contributed by atoms with Crippen LogP contribution in [-0.2, 0) is 0 Å². The van der Waals surface area contributed by atoms with E-state index < -0.39 is 23.0 Å². The molecule has 97 valence electrons. The summed E-state index contributed by atoms with van der Waals surface area (Å²) in [4.78, 5) is 0. The molecule has 0 aromatic heterocycles. The molecule has 2 rings (SSSR count). The van der Waals surface area contributed by atoms with Crippen LogP contribution in [0.4, 0.5) is 13.2 Å². The molecule has 0 atom stereocenters. The van der Waals surface area contributed by atoms with Gasteiger partial charge in [0.25, 0.3) is 0 Å². The third-order valence-electron chi connectivity index (χ3n) is 2.44. The van der Waals surface area contributed by atoms with Gasteiger partial charge in [-0.3, -0.25) is 0 Å². The van der Waals surface area contributed by atoms with E-state index in [0.29, 0.717) is 0 Å². The quantitative estimate of drug-likeness (QED) is 0.753. The van der Waals surface area contributed by atoms with Crippen molar-refractivity contribution in [3.8, 4) is 16.9 Å². The van der Waals surface area contributed by atoms with Gasteiger partial charge in [0.15, 0.2) is 0 Å². The molecule has 0 amide bonds. The summed E-state index contributed by atoms with van der Waals surface area (Å²) in [7, 11) is 0. The Bertz CT molecular complexity index is 585. The van der Waals surface area contributed by atoms with E-state index in [1.54, 1.807) is 0 Å². The zero-order valence-corrected chi connectivity index (χ0v) is 9.92. The molecule has 0 saturated heterocycles. The fourth-order valence-electron chi connectivity index (χ4n) is 1.64. The smallest absolute Gasteiger partial charge is 0.137 e. The van der Waals surface area contributed by atoms with Crippen LogP contribution in [0.1, 0.15) is 0 Å². The molecule has 0 unspecified atom stereocenters. The van der Waals surface area contributed by atoms with Crippen LogP contribution in [-0.4, -0.2) is 6.61 Å². The highest BCUT2D eigenvalue weighted by atomic mass is 19.1. The number of halogens is 3. The first-order chi connectivity index (χ1) is 9.13. The summed E-state index contributed by atoms with van der Waals surface area (Å²) < 4.78 is 46.3. The lowest BCUT2D eigenvalue weighted by molar-refractivity contribution is 0.358. The van der Waals surface area contributed by atoms with Gasteiger partial charge in [0.2, 0.25) is 0 Å². The third kappa shape index (κ3) is 2.78. The lowest BCUT2D eigenvalue weighted by Gasteiger charge is -2.09. The summed E-state index contributed by atoms with van der Waals surface area (Å²) in [6, 6.07) is 8.39. The maximum atomic E-state index is 13.9. The van der Waals surface area contributed by atoms with Gasteiger partial charge in [-0.15, -0.1) is 0 Å². The van der Waals surface area contributed by atoms with Crippen molar-refractivity contribution in [2.45, 2.75) is 0 Å². The monoisotopic (exact) mass is 263 g/mol. The molecule has 0 fully saturated rings. The highest BCUT2D eigenvalue weighted by Gasteiger charge is 2.17. The van der Waals surface area contributed by atoms with Gasteiger partial charge in [-0.25, -0.2) is 13.2 Å². The van der Waals surface area contributed by atoms with Crippen molar-refractivity contribution >= 4 is 0 Å². The normalized spacial score (nSPS) is 10.3. The first kappa shape index (κ1) is 13.2. The van der Waals surface area contributed by atoms with Crippen molar-refractivity contribution in [2.75, 3.05) is 6.61 Å². The molecule has 0 aliphatic carbocycles. The van der Waals surface area contributed by atoms with Gasteiger partial charge in [-0.2, -0.15) is 0 Å². The molecule has 0 aliphatic rings. The van der Waals surface area contributed by atoms with Crippen LogP contribution in [0.5, 0.6) is 5.75 Å². The van der Waals surface area contributed by atoms with Crippen LogP contribution in [0.15, 0.2) is 43.0 Å². The molecule has 1 radical (unpaired) electrons. The van der Waals surface area contributed by atoms with E-state index in [1.807, 2.05) is 0 Å². The molecular weight excluding hydrogens is 253 g/mol. The van der Waals surface area contributed by atoms with Gasteiger partial charge in [0.05, 0.1) is 5.56 Å². The van der Waals surface area contributed by atoms with E-state index in [2.05, 4.69) is 12.6 Å². The van der Waals surface area contributed by atoms with Gasteiger partial charge in [-0.05, 0) is 12.1 Å². The third-order valence-corrected chi connectivity index (χ3v) is 2.44. The number of rotatable bonds is 4. The molecule has 0 saturated carbocycles. The highest BCUT2D eigenvalue weighted by molar-refractivity contribution is 5.65. The Hall–Kier alpha value is -2.23. The first-order valence-corrected chi connectivity index (χ1v) is 5.52. The zero-order chi connectivity index (χ0) is 13.8. The molecule has 0 N–H and O–H groups in total. The first-order valence-electron chi connectivity index (χ1n) is 5.52. The minimum absolute atomic E-state index is 0.0231. The molecule has 0 bridgehead atoms. The summed E-state index contributed by atoms with van der Waals surface area (Å²) in [5.41, 5.74) is -0.697. The highest BCUT2D eigenvalue weighted by Crippen LogP contribution is 2.31. The van der Waals surface area contributed by atoms with Crippen LogP contribution >= 0.6 is 0 Å². The predicted octanol–water partition coefficient (Wildman–Crippen LogP) is 4.14. The number of ether oxygens (including phenoxy) is 1. The fraction of sp³-hybridized carbons (Fsp3) is 0.0667. The summed E-state index contributed by atoms with van der Waals surface area (Å²) in [6.07, 6.45) is 1.45. The standard InChI is InChI=1S/C15H10F3O/c1-2-7-19-10-8-13(17)15(14(18)9-10)11-5-3-4-6-12(11)16/h2-4,6,8-9H,1,7H2. The van der Waals surface area contributed by atoms with E-state index in [4.69, 9.17) is 4.74 Å². The van der Waals surface area contributed by atoms with Crippen LogP contribution in [0.25, 0.3) is 11.1 Å². The second-order valence-corrected chi connectivity index (χ2v) is 3.75. The van der Waals surface area contributed by atoms with Gasteiger partial charge in [-0.1, -0.05) is 24.8 Å². The lowest BCUT2D eigenvalue weighted by Crippen LogP contribution is -1.98. The van der Waals surface area contributed by atoms with Gasteiger partial charge < -0.3 is 4.74 Å². The van der Waals surface area contributed by atoms with E-state index in [-0.39, 0.29) is 17.9 Å². The van der Waals surface area contributed by atoms with Crippen LogP contribution in [0.2, 0.25) is 0 Å². The van der Waals surface area contributed by atoms with Crippen LogP contribution in [0.3, 0.4) is 0 Å². The van der Waals surface area contributed by atoms with Crippen molar-refractivity contribution in [2.24, 2.45) is 0 Å². The van der Waals surface area contributed by atoms with Crippen molar-refractivity contribution in [3.05, 3.63) is 66.5 Å². The molecule has 0 aliphatic heterocycles.